The minimum absolute atomic E-state index is 0.0702. The third-order valence-corrected chi connectivity index (χ3v) is 5.84. The van der Waals surface area contributed by atoms with Gasteiger partial charge >= 0.3 is 5.97 Å². The third-order valence-electron chi connectivity index (χ3n) is 5.84. The molecular weight excluding hydrogens is 414 g/mol. The van der Waals surface area contributed by atoms with E-state index in [0.29, 0.717) is 53.7 Å². The van der Waals surface area contributed by atoms with Crippen molar-refractivity contribution in [1.82, 2.24) is 0 Å². The Labute approximate surface area is 188 Å². The number of hydrogen-bond donors (Lipinski definition) is 0. The Kier molecular flexibility index (Phi) is 7.90. The Bertz CT molecular complexity index is 909. The van der Waals surface area contributed by atoms with Gasteiger partial charge in [0.25, 0.3) is 0 Å². The molecule has 1 aliphatic heterocycles. The zero-order valence-electron chi connectivity index (χ0n) is 19.4. The first-order valence-electron chi connectivity index (χ1n) is 10.8. The number of esters is 1. The van der Waals surface area contributed by atoms with E-state index >= 15 is 0 Å². The van der Waals surface area contributed by atoms with Crippen LogP contribution in [0.1, 0.15) is 44.6 Å². The van der Waals surface area contributed by atoms with Crippen molar-refractivity contribution < 1.29 is 33.3 Å². The fraction of sp³-hybridized carbons (Fsp3) is 0.542. The van der Waals surface area contributed by atoms with Crippen LogP contribution >= 0.6 is 0 Å². The Morgan fingerprint density at radius 3 is 2.31 bits per heavy atom. The largest absolute Gasteiger partial charge is 0.493 e. The molecule has 1 heterocycles. The van der Waals surface area contributed by atoms with Crippen LogP contribution in [-0.4, -0.2) is 58.6 Å². The fourth-order valence-electron chi connectivity index (χ4n) is 4.44. The molecule has 0 radical (unpaired) electrons. The maximum Gasteiger partial charge on any atom is 0.336 e. The molecule has 1 saturated carbocycles. The van der Waals surface area contributed by atoms with Crippen LogP contribution in [0.2, 0.25) is 0 Å². The summed E-state index contributed by atoms with van der Waals surface area (Å²) in [6.07, 6.45) is 1.94. The predicted octanol–water partition coefficient (Wildman–Crippen LogP) is 3.47. The fourth-order valence-corrected chi connectivity index (χ4v) is 4.44. The summed E-state index contributed by atoms with van der Waals surface area (Å²) in [6.45, 7) is 4.63. The molecule has 0 bridgehead atoms. The molecule has 0 N–H and O–H groups in total. The number of allylic oxidation sites excluding steroid dienone is 1. The van der Waals surface area contributed by atoms with E-state index in [0.717, 1.165) is 18.6 Å². The number of methoxy groups -OCH3 is 3. The Morgan fingerprint density at radius 2 is 1.72 bits per heavy atom. The molecule has 2 atom stereocenters. The second-order valence-electron chi connectivity index (χ2n) is 7.67. The molecule has 1 aromatic rings. The summed E-state index contributed by atoms with van der Waals surface area (Å²) in [5.74, 6) is -0.150. The Hall–Kier alpha value is -2.87. The van der Waals surface area contributed by atoms with E-state index in [1.54, 1.807) is 19.1 Å². The van der Waals surface area contributed by atoms with E-state index < -0.39 is 17.8 Å². The van der Waals surface area contributed by atoms with Crippen molar-refractivity contribution in [2.75, 3.05) is 41.2 Å². The molecule has 32 heavy (non-hydrogen) atoms. The lowest BCUT2D eigenvalue weighted by molar-refractivity contribution is -0.141. The number of Topliss-reactive ketones (excluding diaryl/α,β-unsaturated/α-hetero) is 1. The van der Waals surface area contributed by atoms with Gasteiger partial charge in [0.1, 0.15) is 12.4 Å². The summed E-state index contributed by atoms with van der Waals surface area (Å²) in [5, 5.41) is 0. The lowest BCUT2D eigenvalue weighted by atomic mass is 9.69. The molecule has 2 unspecified atom stereocenters. The molecule has 0 aromatic heterocycles. The van der Waals surface area contributed by atoms with Gasteiger partial charge in [-0.25, -0.2) is 4.79 Å². The number of carbonyl (C=O) groups is 2. The highest BCUT2D eigenvalue weighted by Gasteiger charge is 2.44. The van der Waals surface area contributed by atoms with Crippen LogP contribution in [0.3, 0.4) is 0 Å². The first kappa shape index (κ1) is 23.8. The average molecular weight is 446 g/mol. The minimum Gasteiger partial charge on any atom is -0.493 e. The molecule has 8 nitrogen and oxygen atoms in total. The van der Waals surface area contributed by atoms with Crippen molar-refractivity contribution in [1.29, 1.82) is 0 Å². The quantitative estimate of drug-likeness (QED) is 0.424. The van der Waals surface area contributed by atoms with Crippen LogP contribution in [0, 0.1) is 5.92 Å². The van der Waals surface area contributed by atoms with E-state index in [4.69, 9.17) is 23.7 Å². The molecule has 1 fully saturated rings. The molecule has 174 valence electrons. The summed E-state index contributed by atoms with van der Waals surface area (Å²) in [6, 6.07) is 3.58. The molecule has 8 heteroatoms. The Morgan fingerprint density at radius 1 is 1.03 bits per heavy atom. The monoisotopic (exact) mass is 445 g/mol. The standard InChI is InChI=1S/C24H31NO7/c1-6-31-10-11-32-24(27)20-14(2)25-16-8-7-9-17(26)22(16)21(20)15-12-18(28-3)23(30-5)19(13-15)29-4/h12-13,21-22H,6-11H2,1-5H3. The van der Waals surface area contributed by atoms with Crippen molar-refractivity contribution in [3.8, 4) is 17.2 Å². The SMILES string of the molecule is CCOCCOC(=O)C1=C(C)N=C2CCCC(=O)C2C1c1cc(OC)c(OC)c(OC)c1. The molecule has 0 amide bonds. The maximum atomic E-state index is 13.2. The van der Waals surface area contributed by atoms with Gasteiger partial charge < -0.3 is 23.7 Å². The van der Waals surface area contributed by atoms with Crippen LogP contribution in [0.5, 0.6) is 17.2 Å². The van der Waals surface area contributed by atoms with Crippen LogP contribution in [0.4, 0.5) is 0 Å². The third kappa shape index (κ3) is 4.65. The second-order valence-corrected chi connectivity index (χ2v) is 7.67. The number of nitrogens with zero attached hydrogens (tertiary/aromatic N) is 1. The van der Waals surface area contributed by atoms with Gasteiger partial charge in [0.05, 0.1) is 39.4 Å². The predicted molar refractivity (Wildman–Crippen MR) is 119 cm³/mol. The lowest BCUT2D eigenvalue weighted by Crippen LogP contribution is -2.39. The summed E-state index contributed by atoms with van der Waals surface area (Å²) in [4.78, 5) is 30.9. The van der Waals surface area contributed by atoms with Gasteiger partial charge in [0.2, 0.25) is 5.75 Å². The minimum atomic E-state index is -0.552. The highest BCUT2D eigenvalue weighted by molar-refractivity contribution is 6.11. The smallest absolute Gasteiger partial charge is 0.336 e. The summed E-state index contributed by atoms with van der Waals surface area (Å²) >= 11 is 0. The number of hydrogen-bond acceptors (Lipinski definition) is 8. The topological polar surface area (TPSA) is 92.7 Å². The molecule has 2 aliphatic rings. The normalized spacial score (nSPS) is 20.4. The van der Waals surface area contributed by atoms with Gasteiger partial charge in [-0.15, -0.1) is 0 Å². The van der Waals surface area contributed by atoms with Gasteiger partial charge in [-0.2, -0.15) is 0 Å². The van der Waals surface area contributed by atoms with Crippen LogP contribution in [0.25, 0.3) is 0 Å². The van der Waals surface area contributed by atoms with Crippen molar-refractivity contribution in [3.05, 3.63) is 29.0 Å². The number of aliphatic imine (C=N–C) groups is 1. The molecule has 0 spiro atoms. The van der Waals surface area contributed by atoms with E-state index in [2.05, 4.69) is 4.99 Å². The summed E-state index contributed by atoms with van der Waals surface area (Å²) in [5.41, 5.74) is 2.46. The van der Waals surface area contributed by atoms with Gasteiger partial charge in [-0.1, -0.05) is 0 Å². The first-order chi connectivity index (χ1) is 15.5. The number of fused-ring (bicyclic) bond motifs is 1. The van der Waals surface area contributed by atoms with Crippen molar-refractivity contribution in [2.45, 2.75) is 39.0 Å². The molecule has 1 aromatic carbocycles. The Balaban J connectivity index is 2.11. The highest BCUT2D eigenvalue weighted by atomic mass is 16.6. The summed E-state index contributed by atoms with van der Waals surface area (Å²) in [7, 11) is 4.59. The number of ketones is 1. The molecular formula is C24H31NO7. The molecule has 1 aliphatic carbocycles. The van der Waals surface area contributed by atoms with Crippen LogP contribution < -0.4 is 14.2 Å². The number of carbonyl (C=O) groups excluding carboxylic acids is 2. The van der Waals surface area contributed by atoms with E-state index in [1.807, 2.05) is 6.92 Å². The highest BCUT2D eigenvalue weighted by Crippen LogP contribution is 2.47. The van der Waals surface area contributed by atoms with Crippen molar-refractivity contribution >= 4 is 17.5 Å². The van der Waals surface area contributed by atoms with E-state index in [1.165, 1.54) is 21.3 Å². The first-order valence-corrected chi connectivity index (χ1v) is 10.8. The van der Waals surface area contributed by atoms with Crippen molar-refractivity contribution in [3.63, 3.8) is 0 Å². The summed E-state index contributed by atoms with van der Waals surface area (Å²) < 4.78 is 27.2. The van der Waals surface area contributed by atoms with E-state index in [-0.39, 0.29) is 12.4 Å². The second kappa shape index (κ2) is 10.6. The van der Waals surface area contributed by atoms with Gasteiger partial charge in [0.15, 0.2) is 11.5 Å². The zero-order valence-corrected chi connectivity index (χ0v) is 19.4. The van der Waals surface area contributed by atoms with E-state index in [9.17, 15) is 9.59 Å². The van der Waals surface area contributed by atoms with Crippen molar-refractivity contribution in [2.24, 2.45) is 10.9 Å². The van der Waals surface area contributed by atoms with Gasteiger partial charge in [-0.3, -0.25) is 9.79 Å². The van der Waals surface area contributed by atoms with Crippen LogP contribution in [-0.2, 0) is 19.1 Å². The van der Waals surface area contributed by atoms with Crippen LogP contribution in [0.15, 0.2) is 28.4 Å². The molecule has 3 rings (SSSR count). The zero-order chi connectivity index (χ0) is 23.3. The number of ether oxygens (including phenoxy) is 5. The number of rotatable bonds is 9. The lowest BCUT2D eigenvalue weighted by Gasteiger charge is -2.36. The molecule has 0 saturated heterocycles. The average Bonchev–Trinajstić information content (AvgIpc) is 2.79. The van der Waals surface area contributed by atoms with Gasteiger partial charge in [0, 0.05) is 30.4 Å². The number of benzene rings is 1. The maximum absolute atomic E-state index is 13.2. The van der Waals surface area contributed by atoms with Gasteiger partial charge in [-0.05, 0) is 44.4 Å².